The van der Waals surface area contributed by atoms with E-state index in [9.17, 15) is 14.7 Å². The fraction of sp³-hybridized carbons (Fsp3) is 0.417. The molecule has 0 aliphatic carbocycles. The van der Waals surface area contributed by atoms with E-state index in [1.165, 1.54) is 5.56 Å². The molecule has 1 amide bonds. The lowest BCUT2D eigenvalue weighted by Crippen LogP contribution is -2.53. The van der Waals surface area contributed by atoms with Gasteiger partial charge >= 0.3 is 5.97 Å². The average molecular weight is 411 g/mol. The molecular weight excluding hydrogens is 380 g/mol. The fourth-order valence-corrected chi connectivity index (χ4v) is 3.64. The molecule has 0 unspecified atom stereocenters. The smallest absolute Gasteiger partial charge is 0.320 e. The summed E-state index contributed by atoms with van der Waals surface area (Å²) in [6, 6.07) is 14.1. The van der Waals surface area contributed by atoms with Gasteiger partial charge in [-0.3, -0.25) is 14.9 Å². The Hall–Kier alpha value is -2.86. The number of hydrogen-bond donors (Lipinski definition) is 2. The maximum absolute atomic E-state index is 13.4. The minimum absolute atomic E-state index is 0.0894. The molecule has 2 aromatic carbocycles. The number of rotatable bonds is 8. The number of aliphatic carboxylic acids is 1. The van der Waals surface area contributed by atoms with Crippen molar-refractivity contribution in [2.75, 3.05) is 11.5 Å². The first kappa shape index (κ1) is 21.8. The Bertz CT molecular complexity index is 879. The monoisotopic (exact) mass is 410 g/mol. The van der Waals surface area contributed by atoms with Gasteiger partial charge in [0.25, 0.3) is 0 Å². The summed E-state index contributed by atoms with van der Waals surface area (Å²) in [5, 5.41) is 12.5. The molecule has 2 aromatic rings. The van der Waals surface area contributed by atoms with E-state index in [1.807, 2.05) is 43.3 Å². The molecule has 30 heavy (non-hydrogen) atoms. The van der Waals surface area contributed by atoms with Crippen molar-refractivity contribution in [3.63, 3.8) is 0 Å². The molecule has 6 heteroatoms. The number of nitrogens with zero attached hydrogens (tertiary/aromatic N) is 1. The highest BCUT2D eigenvalue weighted by Crippen LogP contribution is 2.32. The van der Waals surface area contributed by atoms with Gasteiger partial charge in [-0.2, -0.15) is 0 Å². The number of carbonyl (C=O) groups excluding carboxylic acids is 1. The van der Waals surface area contributed by atoms with Crippen LogP contribution in [0.2, 0.25) is 0 Å². The molecule has 0 aromatic heterocycles. The number of para-hydroxylation sites is 2. The van der Waals surface area contributed by atoms with Gasteiger partial charge in [0.1, 0.15) is 24.4 Å². The minimum atomic E-state index is -0.956. The van der Waals surface area contributed by atoms with E-state index < -0.39 is 18.1 Å². The first-order chi connectivity index (χ1) is 14.4. The molecule has 0 fully saturated rings. The summed E-state index contributed by atoms with van der Waals surface area (Å²) in [6.07, 6.45) is 1.15. The van der Waals surface area contributed by atoms with E-state index in [0.29, 0.717) is 36.7 Å². The standard InChI is InChI=1S/C24H30N2O4/c1-4-7-19(24(28)29)25-20-15-30-22-9-6-5-8-21(22)26(23(20)27)14-17-10-12-18(13-11-17)16(2)3/h5-6,8-13,16,19-20,25H,4,7,14-15H2,1-3H3,(H,28,29)/t19-,20-/m0/s1. The van der Waals surface area contributed by atoms with Crippen molar-refractivity contribution in [3.8, 4) is 5.75 Å². The molecule has 0 radical (unpaired) electrons. The average Bonchev–Trinajstić information content (AvgIpc) is 2.86. The number of hydrogen-bond acceptors (Lipinski definition) is 4. The van der Waals surface area contributed by atoms with Gasteiger partial charge in [-0.1, -0.05) is 63.6 Å². The van der Waals surface area contributed by atoms with Crippen LogP contribution in [0.1, 0.15) is 50.7 Å². The number of ether oxygens (including phenoxy) is 1. The maximum atomic E-state index is 13.4. The lowest BCUT2D eigenvalue weighted by Gasteiger charge is -2.26. The summed E-state index contributed by atoms with van der Waals surface area (Å²) in [4.78, 5) is 26.7. The summed E-state index contributed by atoms with van der Waals surface area (Å²) < 4.78 is 5.89. The van der Waals surface area contributed by atoms with Crippen LogP contribution in [0, 0.1) is 0 Å². The van der Waals surface area contributed by atoms with Gasteiger partial charge in [-0.15, -0.1) is 0 Å². The molecular formula is C24H30N2O4. The molecule has 1 heterocycles. The quantitative estimate of drug-likeness (QED) is 0.689. The van der Waals surface area contributed by atoms with Gasteiger partial charge in [-0.05, 0) is 35.6 Å². The molecule has 0 spiro atoms. The van der Waals surface area contributed by atoms with Crippen LogP contribution < -0.4 is 15.0 Å². The predicted octanol–water partition coefficient (Wildman–Crippen LogP) is 3.95. The number of fused-ring (bicyclic) bond motifs is 1. The van der Waals surface area contributed by atoms with E-state index in [0.717, 1.165) is 5.56 Å². The first-order valence-electron chi connectivity index (χ1n) is 10.5. The molecule has 0 bridgehead atoms. The number of nitrogens with one attached hydrogen (secondary N) is 1. The Morgan fingerprint density at radius 3 is 2.53 bits per heavy atom. The normalized spacial score (nSPS) is 17.3. The third-order valence-electron chi connectivity index (χ3n) is 5.39. The van der Waals surface area contributed by atoms with Crippen LogP contribution in [0.25, 0.3) is 0 Å². The van der Waals surface area contributed by atoms with Crippen LogP contribution in [-0.2, 0) is 16.1 Å². The Morgan fingerprint density at radius 2 is 1.90 bits per heavy atom. The Kier molecular flexibility index (Phi) is 7.11. The summed E-state index contributed by atoms with van der Waals surface area (Å²) in [6.45, 7) is 6.69. The minimum Gasteiger partial charge on any atom is -0.489 e. The highest BCUT2D eigenvalue weighted by Gasteiger charge is 2.34. The number of carboxylic acids is 1. The number of amides is 1. The van der Waals surface area contributed by atoms with Crippen molar-refractivity contribution in [2.24, 2.45) is 0 Å². The van der Waals surface area contributed by atoms with Crippen molar-refractivity contribution in [1.82, 2.24) is 5.32 Å². The molecule has 1 aliphatic heterocycles. The van der Waals surface area contributed by atoms with Gasteiger partial charge in [0.15, 0.2) is 0 Å². The second kappa shape index (κ2) is 9.76. The number of anilines is 1. The largest absolute Gasteiger partial charge is 0.489 e. The van der Waals surface area contributed by atoms with E-state index >= 15 is 0 Å². The zero-order valence-corrected chi connectivity index (χ0v) is 17.8. The van der Waals surface area contributed by atoms with E-state index in [2.05, 4.69) is 31.3 Å². The topological polar surface area (TPSA) is 78.9 Å². The predicted molar refractivity (Wildman–Crippen MR) is 117 cm³/mol. The maximum Gasteiger partial charge on any atom is 0.320 e. The van der Waals surface area contributed by atoms with Gasteiger partial charge in [0.2, 0.25) is 5.91 Å². The Labute approximate surface area is 177 Å². The van der Waals surface area contributed by atoms with Gasteiger partial charge < -0.3 is 14.7 Å². The van der Waals surface area contributed by atoms with Crippen LogP contribution in [0.4, 0.5) is 5.69 Å². The van der Waals surface area contributed by atoms with Crippen LogP contribution in [0.5, 0.6) is 5.75 Å². The van der Waals surface area contributed by atoms with E-state index in [4.69, 9.17) is 4.74 Å². The zero-order valence-electron chi connectivity index (χ0n) is 17.8. The van der Waals surface area contributed by atoms with Crippen LogP contribution in [0.15, 0.2) is 48.5 Å². The third-order valence-corrected chi connectivity index (χ3v) is 5.39. The van der Waals surface area contributed by atoms with Crippen molar-refractivity contribution in [1.29, 1.82) is 0 Å². The van der Waals surface area contributed by atoms with Crippen molar-refractivity contribution in [2.45, 2.75) is 58.2 Å². The summed E-state index contributed by atoms with van der Waals surface area (Å²) >= 11 is 0. The molecule has 160 valence electrons. The molecule has 0 saturated carbocycles. The number of carbonyl (C=O) groups is 2. The summed E-state index contributed by atoms with van der Waals surface area (Å²) in [7, 11) is 0. The lowest BCUT2D eigenvalue weighted by molar-refractivity contribution is -0.140. The SMILES string of the molecule is CCC[C@H](N[C@H]1COc2ccccc2N(Cc2ccc(C(C)C)cc2)C1=O)C(=O)O. The van der Waals surface area contributed by atoms with Crippen molar-refractivity contribution < 1.29 is 19.4 Å². The second-order valence-corrected chi connectivity index (χ2v) is 8.00. The van der Waals surface area contributed by atoms with E-state index in [-0.39, 0.29) is 12.5 Å². The highest BCUT2D eigenvalue weighted by molar-refractivity contribution is 5.99. The lowest BCUT2D eigenvalue weighted by atomic mass is 10.0. The van der Waals surface area contributed by atoms with Gasteiger partial charge in [-0.25, -0.2) is 0 Å². The molecule has 3 rings (SSSR count). The van der Waals surface area contributed by atoms with Crippen molar-refractivity contribution in [3.05, 3.63) is 59.7 Å². The van der Waals surface area contributed by atoms with Gasteiger partial charge in [0.05, 0.1) is 12.2 Å². The Morgan fingerprint density at radius 1 is 1.20 bits per heavy atom. The highest BCUT2D eigenvalue weighted by atomic mass is 16.5. The number of carboxylic acid groups (broad SMARTS) is 1. The van der Waals surface area contributed by atoms with Crippen LogP contribution >= 0.6 is 0 Å². The molecule has 2 atom stereocenters. The zero-order chi connectivity index (χ0) is 21.7. The fourth-order valence-electron chi connectivity index (χ4n) is 3.64. The third kappa shape index (κ3) is 5.00. The molecule has 2 N–H and O–H groups in total. The Balaban J connectivity index is 1.88. The first-order valence-corrected chi connectivity index (χ1v) is 10.5. The number of benzene rings is 2. The summed E-state index contributed by atoms with van der Waals surface area (Å²) in [5.74, 6) is -0.0816. The van der Waals surface area contributed by atoms with Crippen LogP contribution in [-0.4, -0.2) is 35.7 Å². The van der Waals surface area contributed by atoms with Crippen molar-refractivity contribution >= 4 is 17.6 Å². The summed E-state index contributed by atoms with van der Waals surface area (Å²) in [5.41, 5.74) is 2.95. The molecule has 6 nitrogen and oxygen atoms in total. The molecule has 1 aliphatic rings. The second-order valence-electron chi connectivity index (χ2n) is 8.00. The van der Waals surface area contributed by atoms with Crippen LogP contribution in [0.3, 0.4) is 0 Å². The van der Waals surface area contributed by atoms with E-state index in [1.54, 1.807) is 4.90 Å². The molecule has 0 saturated heterocycles. The van der Waals surface area contributed by atoms with Gasteiger partial charge in [0, 0.05) is 0 Å².